The Morgan fingerprint density at radius 3 is 2.83 bits per heavy atom. The first-order valence-electron chi connectivity index (χ1n) is 7.63. The smallest absolute Gasteiger partial charge is 0.0780 e. The van der Waals surface area contributed by atoms with Gasteiger partial charge in [-0.15, -0.1) is 0 Å². The van der Waals surface area contributed by atoms with E-state index < -0.39 is 0 Å². The van der Waals surface area contributed by atoms with E-state index in [9.17, 15) is 5.11 Å². The number of fused-ring (bicyclic) bond motifs is 1. The Labute approximate surface area is 135 Å². The lowest BCUT2D eigenvalue weighted by molar-refractivity contribution is 0.282. The molecule has 112 valence electrons. The topological polar surface area (TPSA) is 45.5 Å². The summed E-state index contributed by atoms with van der Waals surface area (Å²) >= 11 is 0. The molecule has 3 nitrogen and oxygen atoms in total. The fourth-order valence-electron chi connectivity index (χ4n) is 2.95. The molecule has 0 unspecified atom stereocenters. The molecule has 2 heterocycles. The highest BCUT2D eigenvalue weighted by molar-refractivity contribution is 5.89. The summed E-state index contributed by atoms with van der Waals surface area (Å²) in [6.07, 6.45) is 3.74. The van der Waals surface area contributed by atoms with E-state index in [1.165, 1.54) is 11.1 Å². The zero-order chi connectivity index (χ0) is 15.6. The highest BCUT2D eigenvalue weighted by Crippen LogP contribution is 2.32. The van der Waals surface area contributed by atoms with Crippen molar-refractivity contribution in [1.29, 1.82) is 0 Å². The minimum absolute atomic E-state index is 0.0331. The molecule has 4 rings (SSSR count). The summed E-state index contributed by atoms with van der Waals surface area (Å²) in [6, 6.07) is 18.4. The van der Waals surface area contributed by atoms with Gasteiger partial charge in [-0.1, -0.05) is 36.4 Å². The summed E-state index contributed by atoms with van der Waals surface area (Å²) in [7, 11) is 0. The van der Waals surface area contributed by atoms with Crippen molar-refractivity contribution >= 4 is 6.21 Å². The van der Waals surface area contributed by atoms with Gasteiger partial charge in [-0.3, -0.25) is 9.98 Å². The Hall–Kier alpha value is -2.78. The lowest BCUT2D eigenvalue weighted by atomic mass is 9.96. The SMILES string of the molecule is OCc1cccc(-c2ncccc2-c2ccc3c(c2)C=NC3)c1. The van der Waals surface area contributed by atoms with Crippen LogP contribution in [0.2, 0.25) is 0 Å². The predicted octanol–water partition coefficient (Wildman–Crippen LogP) is 3.84. The monoisotopic (exact) mass is 300 g/mol. The molecule has 0 saturated carbocycles. The Bertz CT molecular complexity index is 900. The molecule has 0 atom stereocenters. The second kappa shape index (κ2) is 5.78. The van der Waals surface area contributed by atoms with Crippen molar-refractivity contribution in [3.05, 3.63) is 77.5 Å². The molecule has 0 radical (unpaired) electrons. The van der Waals surface area contributed by atoms with Crippen LogP contribution >= 0.6 is 0 Å². The van der Waals surface area contributed by atoms with Crippen LogP contribution < -0.4 is 0 Å². The lowest BCUT2D eigenvalue weighted by Gasteiger charge is -2.11. The maximum absolute atomic E-state index is 9.37. The van der Waals surface area contributed by atoms with E-state index in [1.807, 2.05) is 36.5 Å². The van der Waals surface area contributed by atoms with Crippen LogP contribution in [-0.4, -0.2) is 16.3 Å². The van der Waals surface area contributed by atoms with Crippen LogP contribution in [0.5, 0.6) is 0 Å². The minimum Gasteiger partial charge on any atom is -0.392 e. The van der Waals surface area contributed by atoms with Crippen LogP contribution in [0.25, 0.3) is 22.4 Å². The molecule has 1 aliphatic rings. The standard InChI is InChI=1S/C20H16N2O/c23-13-14-3-1-4-16(9-14)20-19(5-2-8-22-20)15-6-7-17-11-21-12-18(17)10-15/h1-10,12,23H,11,13H2. The average Bonchev–Trinajstić information content (AvgIpc) is 3.09. The third kappa shape index (κ3) is 2.56. The van der Waals surface area contributed by atoms with Gasteiger partial charge in [-0.25, -0.2) is 0 Å². The summed E-state index contributed by atoms with van der Waals surface area (Å²) in [5.41, 5.74) is 7.50. The summed E-state index contributed by atoms with van der Waals surface area (Å²) < 4.78 is 0. The van der Waals surface area contributed by atoms with E-state index in [0.717, 1.165) is 34.5 Å². The summed E-state index contributed by atoms with van der Waals surface area (Å²) in [4.78, 5) is 8.90. The van der Waals surface area contributed by atoms with E-state index in [-0.39, 0.29) is 6.61 Å². The summed E-state index contributed by atoms with van der Waals surface area (Å²) in [5.74, 6) is 0. The second-order valence-corrected chi connectivity index (χ2v) is 5.64. The molecule has 0 spiro atoms. The van der Waals surface area contributed by atoms with Crippen LogP contribution in [0.15, 0.2) is 65.8 Å². The first-order chi connectivity index (χ1) is 11.3. The third-order valence-corrected chi connectivity index (χ3v) is 4.14. The number of aliphatic imine (C=N–C) groups is 1. The molecule has 1 N–H and O–H groups in total. The van der Waals surface area contributed by atoms with Crippen molar-refractivity contribution in [2.75, 3.05) is 0 Å². The Kier molecular flexibility index (Phi) is 3.48. The number of hydrogen-bond acceptors (Lipinski definition) is 3. The van der Waals surface area contributed by atoms with Crippen LogP contribution in [0.1, 0.15) is 16.7 Å². The van der Waals surface area contributed by atoms with E-state index in [2.05, 4.69) is 34.2 Å². The van der Waals surface area contributed by atoms with Crippen LogP contribution in [-0.2, 0) is 13.2 Å². The van der Waals surface area contributed by atoms with E-state index >= 15 is 0 Å². The Morgan fingerprint density at radius 2 is 1.91 bits per heavy atom. The van der Waals surface area contributed by atoms with Gasteiger partial charge in [0.05, 0.1) is 18.8 Å². The first-order valence-corrected chi connectivity index (χ1v) is 7.63. The van der Waals surface area contributed by atoms with Crippen LogP contribution in [0.4, 0.5) is 0 Å². The van der Waals surface area contributed by atoms with Crippen molar-refractivity contribution in [3.63, 3.8) is 0 Å². The molecular formula is C20H16N2O. The van der Waals surface area contributed by atoms with E-state index in [0.29, 0.717) is 0 Å². The van der Waals surface area contributed by atoms with Crippen molar-refractivity contribution < 1.29 is 5.11 Å². The molecule has 0 fully saturated rings. The quantitative estimate of drug-likeness (QED) is 0.798. The molecule has 3 aromatic rings. The molecule has 23 heavy (non-hydrogen) atoms. The van der Waals surface area contributed by atoms with Gasteiger partial charge in [0.1, 0.15) is 0 Å². The first kappa shape index (κ1) is 13.9. The van der Waals surface area contributed by atoms with Crippen molar-refractivity contribution in [1.82, 2.24) is 4.98 Å². The van der Waals surface area contributed by atoms with Gasteiger partial charge in [0.25, 0.3) is 0 Å². The van der Waals surface area contributed by atoms with Crippen LogP contribution in [0, 0.1) is 0 Å². The minimum atomic E-state index is 0.0331. The van der Waals surface area contributed by atoms with Gasteiger partial charge in [0.2, 0.25) is 0 Å². The molecule has 3 heteroatoms. The molecule has 0 amide bonds. The third-order valence-electron chi connectivity index (χ3n) is 4.14. The molecule has 0 saturated heterocycles. The second-order valence-electron chi connectivity index (χ2n) is 5.64. The summed E-state index contributed by atoms with van der Waals surface area (Å²) in [5, 5.41) is 9.37. The van der Waals surface area contributed by atoms with Gasteiger partial charge in [0.15, 0.2) is 0 Å². The van der Waals surface area contributed by atoms with Crippen LogP contribution in [0.3, 0.4) is 0 Å². The molecule has 1 aliphatic heterocycles. The number of pyridine rings is 1. The number of nitrogens with zero attached hydrogens (tertiary/aromatic N) is 2. The predicted molar refractivity (Wildman–Crippen MR) is 92.3 cm³/mol. The molecule has 0 bridgehead atoms. The average molecular weight is 300 g/mol. The fourth-order valence-corrected chi connectivity index (χ4v) is 2.95. The molecule has 2 aromatic carbocycles. The van der Waals surface area contributed by atoms with E-state index in [1.54, 1.807) is 6.20 Å². The van der Waals surface area contributed by atoms with Gasteiger partial charge in [-0.2, -0.15) is 0 Å². The van der Waals surface area contributed by atoms with Gasteiger partial charge < -0.3 is 5.11 Å². The highest BCUT2D eigenvalue weighted by Gasteiger charge is 2.12. The highest BCUT2D eigenvalue weighted by atomic mass is 16.3. The number of hydrogen-bond donors (Lipinski definition) is 1. The van der Waals surface area contributed by atoms with Gasteiger partial charge >= 0.3 is 0 Å². The number of aromatic nitrogens is 1. The molecular weight excluding hydrogens is 284 g/mol. The molecule has 0 aliphatic carbocycles. The number of aliphatic hydroxyl groups is 1. The maximum Gasteiger partial charge on any atom is 0.0780 e. The van der Waals surface area contributed by atoms with Crippen molar-refractivity contribution in [3.8, 4) is 22.4 Å². The molecule has 1 aromatic heterocycles. The number of rotatable bonds is 3. The number of aliphatic hydroxyl groups excluding tert-OH is 1. The van der Waals surface area contributed by atoms with Crippen molar-refractivity contribution in [2.45, 2.75) is 13.2 Å². The maximum atomic E-state index is 9.37. The zero-order valence-electron chi connectivity index (χ0n) is 12.6. The van der Waals surface area contributed by atoms with E-state index in [4.69, 9.17) is 0 Å². The van der Waals surface area contributed by atoms with Gasteiger partial charge in [-0.05, 0) is 40.5 Å². The number of benzene rings is 2. The zero-order valence-corrected chi connectivity index (χ0v) is 12.6. The Morgan fingerprint density at radius 1 is 0.957 bits per heavy atom. The fraction of sp³-hybridized carbons (Fsp3) is 0.100. The van der Waals surface area contributed by atoms with Gasteiger partial charge in [0, 0.05) is 23.5 Å². The largest absolute Gasteiger partial charge is 0.392 e. The van der Waals surface area contributed by atoms with Crippen molar-refractivity contribution in [2.24, 2.45) is 4.99 Å². The summed E-state index contributed by atoms with van der Waals surface area (Å²) in [6.45, 7) is 0.805. The Balaban J connectivity index is 1.85. The lowest BCUT2D eigenvalue weighted by Crippen LogP contribution is -1.92. The normalized spacial score (nSPS) is 12.4.